The van der Waals surface area contributed by atoms with Gasteiger partial charge in [0.2, 0.25) is 0 Å². The molecule has 6 N–H and O–H groups in total. The Morgan fingerprint density at radius 3 is 2.39 bits per heavy atom. The first-order chi connectivity index (χ1) is 11.1. The van der Waals surface area contributed by atoms with E-state index < -0.39 is 0 Å². The van der Waals surface area contributed by atoms with Crippen LogP contribution in [0.15, 0.2) is 72.6 Å². The van der Waals surface area contributed by atoms with E-state index in [1.807, 2.05) is 54.6 Å². The first-order valence-corrected chi connectivity index (χ1v) is 7.68. The molecule has 0 radical (unpaired) electrons. The van der Waals surface area contributed by atoms with Crippen LogP contribution >= 0.6 is 0 Å². The monoisotopic (exact) mass is 308 g/mol. The third kappa shape index (κ3) is 4.81. The zero-order chi connectivity index (χ0) is 16.7. The van der Waals surface area contributed by atoms with Crippen molar-refractivity contribution in [1.29, 1.82) is 0 Å². The van der Waals surface area contributed by atoms with Gasteiger partial charge in [-0.25, -0.2) is 0 Å². The van der Waals surface area contributed by atoms with Crippen LogP contribution in [0.1, 0.15) is 18.1 Å². The summed E-state index contributed by atoms with van der Waals surface area (Å²) in [6, 6.07) is 17.7. The van der Waals surface area contributed by atoms with Crippen molar-refractivity contribution >= 4 is 11.4 Å². The number of benzene rings is 2. The van der Waals surface area contributed by atoms with Crippen molar-refractivity contribution in [3.63, 3.8) is 0 Å². The molecule has 0 saturated heterocycles. The SMILES string of the molecule is CCN(Cc1ccccc1)/C(N)=C/C=C(\N)c1cccc(N)c1. The van der Waals surface area contributed by atoms with E-state index in [0.29, 0.717) is 17.2 Å². The zero-order valence-electron chi connectivity index (χ0n) is 13.4. The zero-order valence-corrected chi connectivity index (χ0v) is 13.4. The van der Waals surface area contributed by atoms with Crippen LogP contribution in [0.4, 0.5) is 5.69 Å². The fraction of sp³-hybridized carbons (Fsp3) is 0.158. The van der Waals surface area contributed by atoms with Gasteiger partial charge in [-0.15, -0.1) is 0 Å². The lowest BCUT2D eigenvalue weighted by Gasteiger charge is -2.23. The van der Waals surface area contributed by atoms with E-state index in [2.05, 4.69) is 24.0 Å². The topological polar surface area (TPSA) is 81.3 Å². The third-order valence-electron chi connectivity index (χ3n) is 3.62. The number of rotatable bonds is 6. The molecule has 23 heavy (non-hydrogen) atoms. The van der Waals surface area contributed by atoms with Crippen LogP contribution in [0.5, 0.6) is 0 Å². The van der Waals surface area contributed by atoms with Crippen LogP contribution in [-0.4, -0.2) is 11.4 Å². The Morgan fingerprint density at radius 2 is 1.74 bits per heavy atom. The van der Waals surface area contributed by atoms with Crippen molar-refractivity contribution < 1.29 is 0 Å². The Hall–Kier alpha value is -2.88. The summed E-state index contributed by atoms with van der Waals surface area (Å²) in [5.74, 6) is 0.684. The minimum Gasteiger partial charge on any atom is -0.399 e. The molecule has 0 saturated carbocycles. The number of nitrogens with zero attached hydrogens (tertiary/aromatic N) is 1. The molecule has 0 fully saturated rings. The lowest BCUT2D eigenvalue weighted by Crippen LogP contribution is -2.27. The molecule has 2 rings (SSSR count). The average Bonchev–Trinajstić information content (AvgIpc) is 2.58. The highest BCUT2D eigenvalue weighted by atomic mass is 15.2. The quantitative estimate of drug-likeness (QED) is 0.566. The molecule has 4 heteroatoms. The van der Waals surface area contributed by atoms with Gasteiger partial charge in [0, 0.05) is 24.5 Å². The summed E-state index contributed by atoms with van der Waals surface area (Å²) in [5.41, 5.74) is 21.5. The number of anilines is 1. The maximum Gasteiger partial charge on any atom is 0.0990 e. The van der Waals surface area contributed by atoms with Crippen molar-refractivity contribution in [2.24, 2.45) is 11.5 Å². The molecule has 0 atom stereocenters. The first kappa shape index (κ1) is 16.5. The van der Waals surface area contributed by atoms with Crippen molar-refractivity contribution in [3.05, 3.63) is 83.7 Å². The summed E-state index contributed by atoms with van der Waals surface area (Å²) < 4.78 is 0. The van der Waals surface area contributed by atoms with Crippen molar-refractivity contribution in [2.45, 2.75) is 13.5 Å². The van der Waals surface area contributed by atoms with Crippen LogP contribution < -0.4 is 17.2 Å². The third-order valence-corrected chi connectivity index (χ3v) is 3.62. The lowest BCUT2D eigenvalue weighted by atomic mass is 10.1. The Labute approximate surface area is 137 Å². The minimum atomic E-state index is 0.635. The molecule has 4 nitrogen and oxygen atoms in total. The van der Waals surface area contributed by atoms with Gasteiger partial charge in [-0.1, -0.05) is 42.5 Å². The molecule has 0 unspecified atom stereocenters. The summed E-state index contributed by atoms with van der Waals surface area (Å²) in [4.78, 5) is 2.10. The largest absolute Gasteiger partial charge is 0.399 e. The summed E-state index contributed by atoms with van der Waals surface area (Å²) >= 11 is 0. The van der Waals surface area contributed by atoms with E-state index in [1.165, 1.54) is 5.56 Å². The number of nitrogens with two attached hydrogens (primary N) is 3. The van der Waals surface area contributed by atoms with Crippen molar-refractivity contribution in [1.82, 2.24) is 4.90 Å². The molecule has 0 aliphatic rings. The molecular formula is C19H24N4. The Morgan fingerprint density at radius 1 is 1.00 bits per heavy atom. The number of hydrogen-bond acceptors (Lipinski definition) is 4. The summed E-state index contributed by atoms with van der Waals surface area (Å²) in [6.07, 6.45) is 3.66. The molecule has 0 heterocycles. The second kappa shape index (κ2) is 7.94. The van der Waals surface area contributed by atoms with Crippen LogP contribution in [0, 0.1) is 0 Å². The van der Waals surface area contributed by atoms with Crippen LogP contribution in [-0.2, 0) is 6.54 Å². The molecule has 0 aliphatic heterocycles. The van der Waals surface area contributed by atoms with Crippen LogP contribution in [0.2, 0.25) is 0 Å². The predicted octanol–water partition coefficient (Wildman–Crippen LogP) is 2.89. The van der Waals surface area contributed by atoms with Crippen molar-refractivity contribution in [2.75, 3.05) is 12.3 Å². The van der Waals surface area contributed by atoms with Gasteiger partial charge in [0.25, 0.3) is 0 Å². The first-order valence-electron chi connectivity index (χ1n) is 7.68. The van der Waals surface area contributed by atoms with E-state index in [4.69, 9.17) is 17.2 Å². The van der Waals surface area contributed by atoms with Gasteiger partial charge in [-0.05, 0) is 42.3 Å². The van der Waals surface area contributed by atoms with Crippen LogP contribution in [0.25, 0.3) is 5.70 Å². The summed E-state index contributed by atoms with van der Waals surface area (Å²) in [7, 11) is 0. The number of allylic oxidation sites excluding steroid dienone is 2. The van der Waals surface area contributed by atoms with Crippen molar-refractivity contribution in [3.8, 4) is 0 Å². The van der Waals surface area contributed by atoms with Gasteiger partial charge in [0.15, 0.2) is 0 Å². The van der Waals surface area contributed by atoms with Gasteiger partial charge >= 0.3 is 0 Å². The Bertz CT molecular complexity index is 690. The second-order valence-electron chi connectivity index (χ2n) is 5.34. The van der Waals surface area contributed by atoms with Gasteiger partial charge in [-0.3, -0.25) is 0 Å². The van der Waals surface area contributed by atoms with E-state index in [0.717, 1.165) is 18.7 Å². The van der Waals surface area contributed by atoms with E-state index in [1.54, 1.807) is 0 Å². The Balaban J connectivity index is 2.11. The van der Waals surface area contributed by atoms with Crippen LogP contribution in [0.3, 0.4) is 0 Å². The van der Waals surface area contributed by atoms with Gasteiger partial charge in [0.05, 0.1) is 5.82 Å². The molecule has 0 amide bonds. The molecule has 120 valence electrons. The fourth-order valence-electron chi connectivity index (χ4n) is 2.28. The molecular weight excluding hydrogens is 284 g/mol. The fourth-order valence-corrected chi connectivity index (χ4v) is 2.28. The van der Waals surface area contributed by atoms with E-state index in [-0.39, 0.29) is 0 Å². The molecule has 2 aromatic carbocycles. The van der Waals surface area contributed by atoms with Gasteiger partial charge in [0.1, 0.15) is 0 Å². The lowest BCUT2D eigenvalue weighted by molar-refractivity contribution is 0.351. The molecule has 0 bridgehead atoms. The van der Waals surface area contributed by atoms with E-state index >= 15 is 0 Å². The highest BCUT2D eigenvalue weighted by molar-refractivity contribution is 5.67. The number of hydrogen-bond donors (Lipinski definition) is 3. The average molecular weight is 308 g/mol. The standard InChI is InChI=1S/C19H24N4/c1-2-23(14-15-7-4-3-5-8-15)19(22)12-11-18(21)16-9-6-10-17(20)13-16/h3-13H,2,14,20-22H2,1H3/b18-11-,19-12+. The second-order valence-corrected chi connectivity index (χ2v) is 5.34. The van der Waals surface area contributed by atoms with Gasteiger partial charge < -0.3 is 22.1 Å². The summed E-state index contributed by atoms with van der Waals surface area (Å²) in [5, 5.41) is 0. The minimum absolute atomic E-state index is 0.635. The predicted molar refractivity (Wildman–Crippen MR) is 97.8 cm³/mol. The highest BCUT2D eigenvalue weighted by Crippen LogP contribution is 2.14. The maximum absolute atomic E-state index is 6.19. The van der Waals surface area contributed by atoms with E-state index in [9.17, 15) is 0 Å². The molecule has 0 aromatic heterocycles. The molecule has 0 spiro atoms. The normalized spacial score (nSPS) is 12.2. The smallest absolute Gasteiger partial charge is 0.0990 e. The number of nitrogen functional groups attached to an aromatic ring is 1. The molecule has 0 aliphatic carbocycles. The van der Waals surface area contributed by atoms with Gasteiger partial charge in [-0.2, -0.15) is 0 Å². The molecule has 2 aromatic rings. The maximum atomic E-state index is 6.19. The summed E-state index contributed by atoms with van der Waals surface area (Å²) in [6.45, 7) is 3.67. The highest BCUT2D eigenvalue weighted by Gasteiger charge is 2.04. The Kier molecular flexibility index (Phi) is 5.69.